The van der Waals surface area contributed by atoms with Gasteiger partial charge in [0.05, 0.1) is 24.5 Å². The molecule has 1 aliphatic rings. The highest BCUT2D eigenvalue weighted by Gasteiger charge is 2.29. The van der Waals surface area contributed by atoms with Crippen molar-refractivity contribution in [3.05, 3.63) is 59.7 Å². The first-order chi connectivity index (χ1) is 13.4. The summed E-state index contributed by atoms with van der Waals surface area (Å²) in [6, 6.07) is 15.8. The molecule has 152 valence electrons. The van der Waals surface area contributed by atoms with E-state index in [2.05, 4.69) is 40.8 Å². The van der Waals surface area contributed by atoms with Gasteiger partial charge in [-0.05, 0) is 36.2 Å². The van der Waals surface area contributed by atoms with Crippen LogP contribution < -0.4 is 14.5 Å². The third kappa shape index (κ3) is 4.93. The summed E-state index contributed by atoms with van der Waals surface area (Å²) in [4.78, 5) is 3.87. The van der Waals surface area contributed by atoms with E-state index in [1.54, 1.807) is 12.1 Å². The molecule has 1 heterocycles. The summed E-state index contributed by atoms with van der Waals surface area (Å²) in [5.74, 6) is 0. The molecule has 2 N–H and O–H groups in total. The first-order valence-corrected chi connectivity index (χ1v) is 11.6. The molecule has 5 nitrogen and oxygen atoms in total. The molecule has 1 aliphatic heterocycles. The molecule has 0 bridgehead atoms. The maximum Gasteiger partial charge on any atom is 0.240 e. The number of hydrogen-bond acceptors (Lipinski definition) is 3. The number of benzene rings is 2. The number of sulfonamides is 1. The summed E-state index contributed by atoms with van der Waals surface area (Å²) >= 11 is 0. The highest BCUT2D eigenvalue weighted by atomic mass is 32.2. The highest BCUT2D eigenvalue weighted by Crippen LogP contribution is 2.18. The van der Waals surface area contributed by atoms with Crippen LogP contribution in [0, 0.1) is 0 Å². The van der Waals surface area contributed by atoms with Crippen LogP contribution in [0.15, 0.2) is 53.4 Å². The summed E-state index contributed by atoms with van der Waals surface area (Å²) in [6.07, 6.45) is 3.30. The lowest BCUT2D eigenvalue weighted by molar-refractivity contribution is -0.918. The number of nitrogens with one attached hydrogen (secondary N) is 2. The summed E-state index contributed by atoms with van der Waals surface area (Å²) in [6.45, 7) is 4.65. The van der Waals surface area contributed by atoms with Gasteiger partial charge in [-0.15, -0.1) is 0 Å². The van der Waals surface area contributed by atoms with Crippen molar-refractivity contribution in [2.24, 2.45) is 0 Å². The fourth-order valence-electron chi connectivity index (χ4n) is 3.86. The SMILES string of the molecule is CCc1ccc(S(=O)(=O)NC[C@@H](c2ccc(N(C)C)cc2)[NH+]2CCCC2)cc1. The van der Waals surface area contributed by atoms with Gasteiger partial charge in [-0.1, -0.05) is 31.2 Å². The van der Waals surface area contributed by atoms with Crippen LogP contribution >= 0.6 is 0 Å². The fourth-order valence-corrected chi connectivity index (χ4v) is 4.91. The van der Waals surface area contributed by atoms with E-state index in [4.69, 9.17) is 0 Å². The lowest BCUT2D eigenvalue weighted by atomic mass is 10.1. The van der Waals surface area contributed by atoms with E-state index < -0.39 is 10.0 Å². The quantitative estimate of drug-likeness (QED) is 0.710. The number of nitrogens with zero attached hydrogens (tertiary/aromatic N) is 1. The number of rotatable bonds is 8. The summed E-state index contributed by atoms with van der Waals surface area (Å²) in [5, 5.41) is 0. The van der Waals surface area contributed by atoms with Crippen LogP contribution in [0.4, 0.5) is 5.69 Å². The predicted octanol–water partition coefficient (Wildman–Crippen LogP) is 2.01. The minimum atomic E-state index is -3.51. The summed E-state index contributed by atoms with van der Waals surface area (Å²) in [7, 11) is 0.537. The zero-order chi connectivity index (χ0) is 20.1. The number of anilines is 1. The molecule has 1 atom stereocenters. The Balaban J connectivity index is 1.77. The summed E-state index contributed by atoms with van der Waals surface area (Å²) < 4.78 is 28.5. The number of aryl methyl sites for hydroxylation is 1. The topological polar surface area (TPSA) is 53.9 Å². The molecule has 2 aromatic carbocycles. The van der Waals surface area contributed by atoms with Crippen molar-refractivity contribution in [1.29, 1.82) is 0 Å². The lowest BCUT2D eigenvalue weighted by Crippen LogP contribution is -3.11. The van der Waals surface area contributed by atoms with Crippen LogP contribution in [0.25, 0.3) is 0 Å². The van der Waals surface area contributed by atoms with Gasteiger partial charge in [-0.25, -0.2) is 13.1 Å². The second-order valence-electron chi connectivity index (χ2n) is 7.75. The van der Waals surface area contributed by atoms with Gasteiger partial charge in [0.1, 0.15) is 6.04 Å². The van der Waals surface area contributed by atoms with Gasteiger partial charge in [0.2, 0.25) is 10.0 Å². The number of hydrogen-bond donors (Lipinski definition) is 2. The lowest BCUT2D eigenvalue weighted by Gasteiger charge is -2.26. The minimum absolute atomic E-state index is 0.128. The molecule has 1 saturated heterocycles. The monoisotopic (exact) mass is 402 g/mol. The van der Waals surface area contributed by atoms with Gasteiger partial charge in [-0.2, -0.15) is 0 Å². The molecule has 3 rings (SSSR count). The Labute approximate surface area is 169 Å². The molecular weight excluding hydrogens is 370 g/mol. The van der Waals surface area contributed by atoms with E-state index >= 15 is 0 Å². The van der Waals surface area contributed by atoms with E-state index in [9.17, 15) is 8.42 Å². The van der Waals surface area contributed by atoms with E-state index in [0.717, 1.165) is 30.8 Å². The Morgan fingerprint density at radius 2 is 1.61 bits per heavy atom. The molecule has 0 aliphatic carbocycles. The van der Waals surface area contributed by atoms with Crippen LogP contribution in [0.3, 0.4) is 0 Å². The van der Waals surface area contributed by atoms with Crippen molar-refractivity contribution in [2.75, 3.05) is 38.6 Å². The zero-order valence-corrected chi connectivity index (χ0v) is 17.9. The summed E-state index contributed by atoms with van der Waals surface area (Å²) in [5.41, 5.74) is 3.47. The normalized spacial score (nSPS) is 16.2. The molecule has 0 aromatic heterocycles. The van der Waals surface area contributed by atoms with Crippen molar-refractivity contribution in [3.63, 3.8) is 0 Å². The van der Waals surface area contributed by atoms with Crippen LogP contribution in [-0.4, -0.2) is 42.1 Å². The molecule has 0 saturated carbocycles. The van der Waals surface area contributed by atoms with Gasteiger partial charge in [0.25, 0.3) is 0 Å². The third-order valence-electron chi connectivity index (χ3n) is 5.67. The van der Waals surface area contributed by atoms with E-state index in [1.165, 1.54) is 23.3 Å². The second-order valence-corrected chi connectivity index (χ2v) is 9.52. The third-order valence-corrected chi connectivity index (χ3v) is 7.11. The van der Waals surface area contributed by atoms with Gasteiger partial charge in [-0.3, -0.25) is 0 Å². The predicted molar refractivity (Wildman–Crippen MR) is 114 cm³/mol. The van der Waals surface area contributed by atoms with Crippen molar-refractivity contribution < 1.29 is 13.3 Å². The Bertz CT molecular complexity index is 856. The fraction of sp³-hybridized carbons (Fsp3) is 0.455. The van der Waals surface area contributed by atoms with Crippen LogP contribution in [-0.2, 0) is 16.4 Å². The molecule has 0 spiro atoms. The zero-order valence-electron chi connectivity index (χ0n) is 17.1. The molecule has 2 aromatic rings. The Morgan fingerprint density at radius 3 is 2.14 bits per heavy atom. The maximum absolute atomic E-state index is 12.8. The molecule has 1 fully saturated rings. The Kier molecular flexibility index (Phi) is 6.75. The molecule has 28 heavy (non-hydrogen) atoms. The van der Waals surface area contributed by atoms with Crippen molar-refractivity contribution in [1.82, 2.24) is 4.72 Å². The Hall–Kier alpha value is -1.89. The van der Waals surface area contributed by atoms with Gasteiger partial charge < -0.3 is 9.80 Å². The van der Waals surface area contributed by atoms with Crippen molar-refractivity contribution in [2.45, 2.75) is 37.1 Å². The second kappa shape index (κ2) is 9.07. The van der Waals surface area contributed by atoms with Crippen molar-refractivity contribution in [3.8, 4) is 0 Å². The average Bonchev–Trinajstić information content (AvgIpc) is 3.23. The molecule has 0 amide bonds. The van der Waals surface area contributed by atoms with E-state index in [-0.39, 0.29) is 6.04 Å². The smallest absolute Gasteiger partial charge is 0.240 e. The highest BCUT2D eigenvalue weighted by molar-refractivity contribution is 7.89. The van der Waals surface area contributed by atoms with Gasteiger partial charge in [0.15, 0.2) is 0 Å². The molecule has 6 heteroatoms. The van der Waals surface area contributed by atoms with Gasteiger partial charge in [0, 0.05) is 38.2 Å². The first-order valence-electron chi connectivity index (χ1n) is 10.1. The van der Waals surface area contributed by atoms with Crippen LogP contribution in [0.5, 0.6) is 0 Å². The minimum Gasteiger partial charge on any atom is -0.378 e. The van der Waals surface area contributed by atoms with E-state index in [0.29, 0.717) is 11.4 Å². The molecule has 0 unspecified atom stereocenters. The largest absolute Gasteiger partial charge is 0.378 e. The molecule has 0 radical (unpaired) electrons. The first kappa shape index (κ1) is 20.8. The van der Waals surface area contributed by atoms with E-state index in [1.807, 2.05) is 26.2 Å². The maximum atomic E-state index is 12.8. The van der Waals surface area contributed by atoms with Crippen molar-refractivity contribution >= 4 is 15.7 Å². The number of likely N-dealkylation sites (tertiary alicyclic amines) is 1. The molecular formula is C22H32N3O2S+. The average molecular weight is 403 g/mol. The van der Waals surface area contributed by atoms with Crippen LogP contribution in [0.1, 0.15) is 36.9 Å². The Morgan fingerprint density at radius 1 is 1.00 bits per heavy atom. The van der Waals surface area contributed by atoms with Crippen LogP contribution in [0.2, 0.25) is 0 Å². The van der Waals surface area contributed by atoms with Gasteiger partial charge >= 0.3 is 0 Å². The standard InChI is InChI=1S/C22H31N3O2S/c1-4-18-7-13-21(14-8-18)28(26,27)23-17-22(25-15-5-6-16-25)19-9-11-20(12-10-19)24(2)3/h7-14,22-23H,4-6,15-17H2,1-3H3/p+1/t22-/m0/s1. The number of quaternary nitrogens is 1.